The lowest BCUT2D eigenvalue weighted by molar-refractivity contribution is 0.0655. The number of fused-ring (bicyclic) bond motifs is 1. The van der Waals surface area contributed by atoms with Gasteiger partial charge in [0.15, 0.2) is 5.78 Å². The fourth-order valence-electron chi connectivity index (χ4n) is 4.27. The summed E-state index contributed by atoms with van der Waals surface area (Å²) in [5.74, 6) is 0.0215. The molecule has 26 heavy (non-hydrogen) atoms. The van der Waals surface area contributed by atoms with Crippen LogP contribution in [0.4, 0.5) is 0 Å². The summed E-state index contributed by atoms with van der Waals surface area (Å²) in [5.41, 5.74) is 5.53. The van der Waals surface area contributed by atoms with E-state index in [9.17, 15) is 9.59 Å². The van der Waals surface area contributed by atoms with Crippen LogP contribution in [0.15, 0.2) is 24.3 Å². The number of aryl methyl sites for hydroxylation is 2. The van der Waals surface area contributed by atoms with Crippen molar-refractivity contribution in [1.82, 2.24) is 9.88 Å². The second-order valence-corrected chi connectivity index (χ2v) is 7.35. The van der Waals surface area contributed by atoms with E-state index in [1.807, 2.05) is 18.7 Å². The zero-order valence-electron chi connectivity index (χ0n) is 16.2. The minimum Gasteiger partial charge on any atom is -0.354 e. The Hall–Kier alpha value is -2.36. The van der Waals surface area contributed by atoms with Crippen LogP contribution in [-0.4, -0.2) is 34.2 Å². The van der Waals surface area contributed by atoms with Crippen LogP contribution >= 0.6 is 0 Å². The highest BCUT2D eigenvalue weighted by Gasteiger charge is 2.30. The lowest BCUT2D eigenvalue weighted by Crippen LogP contribution is -2.44. The van der Waals surface area contributed by atoms with Crippen molar-refractivity contribution in [2.24, 2.45) is 0 Å². The molecule has 1 aromatic heterocycles. The fourth-order valence-corrected chi connectivity index (χ4v) is 4.27. The van der Waals surface area contributed by atoms with Gasteiger partial charge in [-0.05, 0) is 63.1 Å². The van der Waals surface area contributed by atoms with Crippen LogP contribution in [0.2, 0.25) is 0 Å². The summed E-state index contributed by atoms with van der Waals surface area (Å²) in [7, 11) is 0. The number of aromatic amines is 1. The number of ketones is 1. The molecule has 0 radical (unpaired) electrons. The number of nitrogens with zero attached hydrogens (tertiary/aromatic N) is 1. The average molecular weight is 352 g/mol. The third-order valence-electron chi connectivity index (χ3n) is 5.49. The van der Waals surface area contributed by atoms with Crippen LogP contribution in [0, 0.1) is 13.8 Å². The van der Waals surface area contributed by atoms with Crippen molar-refractivity contribution < 1.29 is 9.59 Å². The molecule has 2 aromatic rings. The van der Waals surface area contributed by atoms with Gasteiger partial charge in [-0.25, -0.2) is 0 Å². The van der Waals surface area contributed by atoms with Crippen molar-refractivity contribution in [2.75, 3.05) is 6.54 Å². The van der Waals surface area contributed by atoms with Crippen LogP contribution in [0.1, 0.15) is 69.9 Å². The SMILES string of the molecule is CCCN(C(=O)c1[nH]c(C)c(C(C)=O)c1C)C1CCc2ccccc2C1. The number of benzene rings is 1. The zero-order chi connectivity index (χ0) is 18.8. The van der Waals surface area contributed by atoms with E-state index in [1.54, 1.807) is 6.92 Å². The highest BCUT2D eigenvalue weighted by atomic mass is 16.2. The van der Waals surface area contributed by atoms with Gasteiger partial charge in [0.1, 0.15) is 5.69 Å². The van der Waals surface area contributed by atoms with E-state index in [4.69, 9.17) is 0 Å². The number of carbonyl (C=O) groups is 2. The van der Waals surface area contributed by atoms with Crippen molar-refractivity contribution in [2.45, 2.75) is 59.4 Å². The van der Waals surface area contributed by atoms with Crippen molar-refractivity contribution in [3.63, 3.8) is 0 Å². The van der Waals surface area contributed by atoms with Crippen molar-refractivity contribution in [3.05, 3.63) is 57.9 Å². The maximum atomic E-state index is 13.3. The predicted octanol–water partition coefficient (Wildman–Crippen LogP) is 4.24. The lowest BCUT2D eigenvalue weighted by atomic mass is 9.87. The molecule has 4 nitrogen and oxygen atoms in total. The predicted molar refractivity (Wildman–Crippen MR) is 104 cm³/mol. The van der Waals surface area contributed by atoms with Gasteiger partial charge in [-0.1, -0.05) is 31.2 Å². The number of H-pyrrole nitrogens is 1. The molecule has 1 N–H and O–H groups in total. The molecule has 0 fully saturated rings. The highest BCUT2D eigenvalue weighted by molar-refractivity contribution is 6.02. The molecule has 4 heteroatoms. The molecule has 0 spiro atoms. The maximum absolute atomic E-state index is 13.3. The maximum Gasteiger partial charge on any atom is 0.270 e. The van der Waals surface area contributed by atoms with E-state index in [-0.39, 0.29) is 17.7 Å². The molecular formula is C22H28N2O2. The van der Waals surface area contributed by atoms with E-state index in [2.05, 4.69) is 36.2 Å². The monoisotopic (exact) mass is 352 g/mol. The van der Waals surface area contributed by atoms with Crippen LogP contribution in [-0.2, 0) is 12.8 Å². The van der Waals surface area contributed by atoms with E-state index >= 15 is 0 Å². The number of carbonyl (C=O) groups excluding carboxylic acids is 2. The van der Waals surface area contributed by atoms with Gasteiger partial charge in [-0.2, -0.15) is 0 Å². The van der Waals surface area contributed by atoms with Crippen molar-refractivity contribution in [1.29, 1.82) is 0 Å². The van der Waals surface area contributed by atoms with E-state index in [0.29, 0.717) is 11.3 Å². The van der Waals surface area contributed by atoms with E-state index < -0.39 is 0 Å². The quantitative estimate of drug-likeness (QED) is 0.818. The number of amides is 1. The minimum atomic E-state index is 0.00364. The van der Waals surface area contributed by atoms with Gasteiger partial charge in [-0.3, -0.25) is 9.59 Å². The number of nitrogens with one attached hydrogen (secondary N) is 1. The third-order valence-corrected chi connectivity index (χ3v) is 5.49. The molecule has 0 aliphatic heterocycles. The van der Waals surface area contributed by atoms with Gasteiger partial charge in [0.05, 0.1) is 0 Å². The first kappa shape index (κ1) is 18.4. The summed E-state index contributed by atoms with van der Waals surface area (Å²) in [6.07, 6.45) is 3.82. The van der Waals surface area contributed by atoms with Gasteiger partial charge in [0.25, 0.3) is 5.91 Å². The zero-order valence-corrected chi connectivity index (χ0v) is 16.2. The number of rotatable bonds is 5. The first-order valence-electron chi connectivity index (χ1n) is 9.51. The Labute approximate surface area is 155 Å². The molecule has 0 saturated carbocycles. The van der Waals surface area contributed by atoms with Crippen LogP contribution in [0.25, 0.3) is 0 Å². The Balaban J connectivity index is 1.90. The first-order chi connectivity index (χ1) is 12.4. The topological polar surface area (TPSA) is 53.2 Å². The van der Waals surface area contributed by atoms with Gasteiger partial charge >= 0.3 is 0 Å². The Kier molecular flexibility index (Phi) is 5.30. The number of hydrogen-bond acceptors (Lipinski definition) is 2. The van der Waals surface area contributed by atoms with Crippen LogP contribution < -0.4 is 0 Å². The standard InChI is InChI=1S/C22H28N2O2/c1-5-12-24(19-11-10-17-8-6-7-9-18(17)13-19)22(26)21-14(2)20(16(4)25)15(3)23-21/h6-9,19,23H,5,10-13H2,1-4H3. The largest absolute Gasteiger partial charge is 0.354 e. The molecule has 3 rings (SSSR count). The summed E-state index contributed by atoms with van der Waals surface area (Å²) in [5, 5.41) is 0. The summed E-state index contributed by atoms with van der Waals surface area (Å²) >= 11 is 0. The number of hydrogen-bond donors (Lipinski definition) is 1. The summed E-state index contributed by atoms with van der Waals surface area (Å²) in [4.78, 5) is 30.4. The normalized spacial score (nSPS) is 16.2. The van der Waals surface area contributed by atoms with Crippen molar-refractivity contribution >= 4 is 11.7 Å². The van der Waals surface area contributed by atoms with E-state index in [0.717, 1.165) is 43.5 Å². The molecule has 0 bridgehead atoms. The third kappa shape index (κ3) is 3.33. The number of aromatic nitrogens is 1. The fraction of sp³-hybridized carbons (Fsp3) is 0.455. The first-order valence-corrected chi connectivity index (χ1v) is 9.51. The Morgan fingerprint density at radius 1 is 1.19 bits per heavy atom. The molecule has 1 aromatic carbocycles. The Bertz CT molecular complexity index is 835. The minimum absolute atomic E-state index is 0.00364. The molecular weight excluding hydrogens is 324 g/mol. The van der Waals surface area contributed by atoms with Gasteiger partial charge < -0.3 is 9.88 Å². The smallest absolute Gasteiger partial charge is 0.270 e. The lowest BCUT2D eigenvalue weighted by Gasteiger charge is -2.35. The molecule has 0 saturated heterocycles. The van der Waals surface area contributed by atoms with E-state index in [1.165, 1.54) is 11.1 Å². The Morgan fingerprint density at radius 3 is 2.50 bits per heavy atom. The van der Waals surface area contributed by atoms with Gasteiger partial charge in [0, 0.05) is 23.8 Å². The second-order valence-electron chi connectivity index (χ2n) is 7.35. The molecule has 1 atom stereocenters. The molecule has 1 aliphatic rings. The summed E-state index contributed by atoms with van der Waals surface area (Å²) < 4.78 is 0. The highest BCUT2D eigenvalue weighted by Crippen LogP contribution is 2.27. The van der Waals surface area contributed by atoms with Crippen LogP contribution in [0.3, 0.4) is 0 Å². The average Bonchev–Trinajstić information content (AvgIpc) is 2.93. The van der Waals surface area contributed by atoms with Crippen molar-refractivity contribution in [3.8, 4) is 0 Å². The van der Waals surface area contributed by atoms with Crippen LogP contribution in [0.5, 0.6) is 0 Å². The van der Waals surface area contributed by atoms with Gasteiger partial charge in [-0.15, -0.1) is 0 Å². The molecule has 1 unspecified atom stereocenters. The molecule has 1 amide bonds. The molecule has 1 heterocycles. The molecule has 138 valence electrons. The second kappa shape index (κ2) is 7.48. The van der Waals surface area contributed by atoms with Gasteiger partial charge in [0.2, 0.25) is 0 Å². The number of Topliss-reactive ketones (excluding diaryl/α,β-unsaturated/α-hetero) is 1. The molecule has 1 aliphatic carbocycles. The summed E-state index contributed by atoms with van der Waals surface area (Å²) in [6.45, 7) is 8.12. The Morgan fingerprint density at radius 2 is 1.88 bits per heavy atom. The summed E-state index contributed by atoms with van der Waals surface area (Å²) in [6, 6.07) is 8.73.